The van der Waals surface area contributed by atoms with Gasteiger partial charge in [-0.3, -0.25) is 9.59 Å². The molecule has 2 aliphatic rings. The summed E-state index contributed by atoms with van der Waals surface area (Å²) in [5.41, 5.74) is 6.41. The summed E-state index contributed by atoms with van der Waals surface area (Å²) in [6.45, 7) is 1.27. The van der Waals surface area contributed by atoms with Crippen molar-refractivity contribution >= 4 is 5.91 Å². The van der Waals surface area contributed by atoms with Crippen LogP contribution < -0.4 is 16.0 Å². The molecule has 1 saturated heterocycles. The summed E-state index contributed by atoms with van der Waals surface area (Å²) in [7, 11) is 1.45. The molecule has 2 fully saturated rings. The van der Waals surface area contributed by atoms with E-state index in [2.05, 4.69) is 4.98 Å². The molecule has 20 heavy (non-hydrogen) atoms. The Bertz CT molecular complexity index is 592. The predicted molar refractivity (Wildman–Crippen MR) is 73.8 cm³/mol. The van der Waals surface area contributed by atoms with Crippen molar-refractivity contribution < 1.29 is 9.53 Å². The number of hydrogen-bond acceptors (Lipinski definition) is 4. The highest BCUT2D eigenvalue weighted by Gasteiger charge is 2.50. The minimum Gasteiger partial charge on any atom is -0.496 e. The van der Waals surface area contributed by atoms with E-state index < -0.39 is 0 Å². The second-order valence-electron chi connectivity index (χ2n) is 5.79. The lowest BCUT2D eigenvalue weighted by atomic mass is 9.66. The van der Waals surface area contributed by atoms with Crippen molar-refractivity contribution in [3.05, 3.63) is 28.2 Å². The molecule has 3 N–H and O–H groups in total. The molecule has 1 atom stereocenters. The van der Waals surface area contributed by atoms with Gasteiger partial charge in [-0.25, -0.2) is 0 Å². The summed E-state index contributed by atoms with van der Waals surface area (Å²) >= 11 is 0. The first-order chi connectivity index (χ1) is 9.55. The molecular formula is C14H19N3O3. The van der Waals surface area contributed by atoms with Crippen LogP contribution in [0.25, 0.3) is 0 Å². The molecule has 3 rings (SSSR count). The Labute approximate surface area is 116 Å². The first-order valence-electron chi connectivity index (χ1n) is 6.87. The molecule has 0 unspecified atom stereocenters. The lowest BCUT2D eigenvalue weighted by Gasteiger charge is -2.41. The molecule has 1 spiro atoms. The number of methoxy groups -OCH3 is 1. The van der Waals surface area contributed by atoms with Crippen LogP contribution in [-0.4, -0.2) is 42.0 Å². The van der Waals surface area contributed by atoms with Gasteiger partial charge in [-0.1, -0.05) is 6.42 Å². The van der Waals surface area contributed by atoms with Gasteiger partial charge in [0, 0.05) is 36.8 Å². The van der Waals surface area contributed by atoms with E-state index in [0.29, 0.717) is 24.4 Å². The molecule has 6 heteroatoms. The fraction of sp³-hybridized carbons (Fsp3) is 0.571. The zero-order chi connectivity index (χ0) is 14.3. The molecule has 1 aromatic rings. The second-order valence-corrected chi connectivity index (χ2v) is 5.79. The molecule has 108 valence electrons. The van der Waals surface area contributed by atoms with E-state index in [9.17, 15) is 9.59 Å². The van der Waals surface area contributed by atoms with E-state index in [1.807, 2.05) is 0 Å². The van der Waals surface area contributed by atoms with Crippen LogP contribution in [0, 0.1) is 5.41 Å². The van der Waals surface area contributed by atoms with Gasteiger partial charge in [0.1, 0.15) is 5.75 Å². The van der Waals surface area contributed by atoms with E-state index in [0.717, 1.165) is 12.8 Å². The van der Waals surface area contributed by atoms with Crippen LogP contribution in [0.4, 0.5) is 0 Å². The summed E-state index contributed by atoms with van der Waals surface area (Å²) in [5, 5.41) is 0. The number of aromatic nitrogens is 1. The Morgan fingerprint density at radius 3 is 2.85 bits per heavy atom. The zero-order valence-corrected chi connectivity index (χ0v) is 11.5. The van der Waals surface area contributed by atoms with Crippen molar-refractivity contribution in [3.63, 3.8) is 0 Å². The minimum atomic E-state index is -0.285. The van der Waals surface area contributed by atoms with E-state index in [1.165, 1.54) is 25.8 Å². The smallest absolute Gasteiger partial charge is 0.259 e. The molecule has 1 aromatic heterocycles. The average Bonchev–Trinajstić information content (AvgIpc) is 2.75. The van der Waals surface area contributed by atoms with Crippen molar-refractivity contribution in [3.8, 4) is 5.75 Å². The summed E-state index contributed by atoms with van der Waals surface area (Å²) in [4.78, 5) is 28.2. The van der Waals surface area contributed by atoms with Crippen molar-refractivity contribution in [1.82, 2.24) is 9.88 Å². The minimum absolute atomic E-state index is 0.0500. The van der Waals surface area contributed by atoms with Gasteiger partial charge in [0.25, 0.3) is 11.5 Å². The van der Waals surface area contributed by atoms with Crippen LogP contribution in [0.3, 0.4) is 0 Å². The van der Waals surface area contributed by atoms with Gasteiger partial charge >= 0.3 is 0 Å². The lowest BCUT2D eigenvalue weighted by Crippen LogP contribution is -2.45. The molecule has 6 nitrogen and oxygen atoms in total. The van der Waals surface area contributed by atoms with Gasteiger partial charge in [0.2, 0.25) is 0 Å². The first-order valence-corrected chi connectivity index (χ1v) is 6.87. The zero-order valence-electron chi connectivity index (χ0n) is 11.5. The normalized spacial score (nSPS) is 23.7. The molecule has 0 radical (unpaired) electrons. The van der Waals surface area contributed by atoms with Crippen molar-refractivity contribution in [2.24, 2.45) is 11.1 Å². The Kier molecular flexibility index (Phi) is 3.05. The average molecular weight is 277 g/mol. The lowest BCUT2D eigenvalue weighted by molar-refractivity contribution is 0.0723. The highest BCUT2D eigenvalue weighted by atomic mass is 16.5. The van der Waals surface area contributed by atoms with E-state index in [4.69, 9.17) is 10.5 Å². The monoisotopic (exact) mass is 277 g/mol. The van der Waals surface area contributed by atoms with Crippen molar-refractivity contribution in [2.45, 2.75) is 25.3 Å². The molecular weight excluding hydrogens is 258 g/mol. The first kappa shape index (κ1) is 13.2. The van der Waals surface area contributed by atoms with E-state index >= 15 is 0 Å². The number of hydrogen-bond donors (Lipinski definition) is 2. The topological polar surface area (TPSA) is 88.4 Å². The van der Waals surface area contributed by atoms with Gasteiger partial charge in [-0.05, 0) is 12.8 Å². The standard InChI is InChI=1S/C14H19N3O3/c1-20-10-5-12(18)16-6-9(10)13(19)17-7-11(15)14(8-17)3-2-4-14/h5-6,11H,2-4,7-8,15H2,1H3,(H,16,18)/t11-/m1/s1. The number of carbonyl (C=O) groups excluding carboxylic acids is 1. The molecule has 0 aromatic carbocycles. The molecule has 1 amide bonds. The number of pyridine rings is 1. The van der Waals surface area contributed by atoms with E-state index in [1.54, 1.807) is 4.90 Å². The number of amides is 1. The predicted octanol–water partition coefficient (Wildman–Crippen LogP) is 0.337. The maximum atomic E-state index is 12.6. The van der Waals surface area contributed by atoms with Crippen LogP contribution in [0.5, 0.6) is 5.75 Å². The summed E-state index contributed by atoms with van der Waals surface area (Å²) in [6, 6.07) is 1.34. The molecule has 0 bridgehead atoms. The number of rotatable bonds is 2. The van der Waals surface area contributed by atoms with Gasteiger partial charge in [0.15, 0.2) is 0 Å². The van der Waals surface area contributed by atoms with Crippen LogP contribution in [0.2, 0.25) is 0 Å². The highest BCUT2D eigenvalue weighted by molar-refractivity contribution is 5.96. The fourth-order valence-electron chi connectivity index (χ4n) is 3.27. The number of likely N-dealkylation sites (tertiary alicyclic amines) is 1. The summed E-state index contributed by atoms with van der Waals surface area (Å²) < 4.78 is 5.13. The number of aromatic amines is 1. The van der Waals surface area contributed by atoms with Gasteiger partial charge in [0.05, 0.1) is 12.7 Å². The van der Waals surface area contributed by atoms with Crippen LogP contribution in [0.1, 0.15) is 29.6 Å². The maximum Gasteiger partial charge on any atom is 0.259 e. The number of H-pyrrole nitrogens is 1. The van der Waals surface area contributed by atoms with Crippen molar-refractivity contribution in [2.75, 3.05) is 20.2 Å². The maximum absolute atomic E-state index is 12.6. The Balaban J connectivity index is 1.85. The molecule has 1 aliphatic carbocycles. The molecule has 2 heterocycles. The molecule has 1 saturated carbocycles. The number of nitrogens with one attached hydrogen (secondary N) is 1. The number of nitrogens with two attached hydrogens (primary N) is 1. The third kappa shape index (κ3) is 1.91. The third-order valence-electron chi connectivity index (χ3n) is 4.68. The largest absolute Gasteiger partial charge is 0.496 e. The quantitative estimate of drug-likeness (QED) is 0.815. The number of nitrogens with zero attached hydrogens (tertiary/aromatic N) is 1. The van der Waals surface area contributed by atoms with Gasteiger partial charge in [-0.2, -0.15) is 0 Å². The van der Waals surface area contributed by atoms with Gasteiger partial charge in [-0.15, -0.1) is 0 Å². The summed E-state index contributed by atoms with van der Waals surface area (Å²) in [6.07, 6.45) is 4.81. The molecule has 1 aliphatic heterocycles. The Morgan fingerprint density at radius 1 is 1.55 bits per heavy atom. The SMILES string of the molecule is COc1cc(=O)[nH]cc1C(=O)N1C[C@@H](N)C2(CCC2)C1. The van der Waals surface area contributed by atoms with Crippen LogP contribution >= 0.6 is 0 Å². The van der Waals surface area contributed by atoms with Crippen LogP contribution in [0.15, 0.2) is 17.1 Å². The van der Waals surface area contributed by atoms with E-state index in [-0.39, 0.29) is 22.9 Å². The highest BCUT2D eigenvalue weighted by Crippen LogP contribution is 2.47. The number of ether oxygens (including phenoxy) is 1. The Hall–Kier alpha value is -1.82. The summed E-state index contributed by atoms with van der Waals surface area (Å²) in [5.74, 6) is 0.180. The number of carbonyl (C=O) groups is 1. The van der Waals surface area contributed by atoms with Crippen molar-refractivity contribution in [1.29, 1.82) is 0 Å². The second kappa shape index (κ2) is 4.63. The fourth-order valence-corrected chi connectivity index (χ4v) is 3.27. The van der Waals surface area contributed by atoms with Gasteiger partial charge < -0.3 is 20.4 Å². The third-order valence-corrected chi connectivity index (χ3v) is 4.68. The Morgan fingerprint density at radius 2 is 2.30 bits per heavy atom. The van der Waals surface area contributed by atoms with Crippen LogP contribution in [-0.2, 0) is 0 Å².